The Morgan fingerprint density at radius 1 is 1.14 bits per heavy atom. The molecule has 1 aliphatic rings. The van der Waals surface area contributed by atoms with Crippen LogP contribution in [0.3, 0.4) is 0 Å². The first-order valence-corrected chi connectivity index (χ1v) is 9.33. The largest absolute Gasteiger partial charge is 0.316 e. The smallest absolute Gasteiger partial charge is 0.00872 e. The standard InChI is InChI=1S/C19H40N2/c1-7-18(8-2)21(6)15-19(14-20-13-16(3)4)11-9-17(5)10-12-19/h16-18,20H,7-15H2,1-6H3. The number of hydrogen-bond acceptors (Lipinski definition) is 2. The van der Waals surface area contributed by atoms with Crippen LogP contribution in [0.2, 0.25) is 0 Å². The molecule has 1 fully saturated rings. The predicted octanol–water partition coefficient (Wildman–Crippen LogP) is 4.55. The van der Waals surface area contributed by atoms with Gasteiger partial charge in [0.2, 0.25) is 0 Å². The molecule has 126 valence electrons. The van der Waals surface area contributed by atoms with Gasteiger partial charge in [-0.2, -0.15) is 0 Å². The average molecular weight is 297 g/mol. The van der Waals surface area contributed by atoms with Crippen molar-refractivity contribution in [3.05, 3.63) is 0 Å². The summed E-state index contributed by atoms with van der Waals surface area (Å²) in [5.41, 5.74) is 0.513. The second-order valence-electron chi connectivity index (χ2n) is 8.09. The van der Waals surface area contributed by atoms with Crippen molar-refractivity contribution in [3.8, 4) is 0 Å². The third-order valence-electron chi connectivity index (χ3n) is 5.54. The van der Waals surface area contributed by atoms with Crippen molar-refractivity contribution in [3.63, 3.8) is 0 Å². The molecule has 1 N–H and O–H groups in total. The summed E-state index contributed by atoms with van der Waals surface area (Å²) in [5, 5.41) is 3.76. The van der Waals surface area contributed by atoms with Gasteiger partial charge in [0.05, 0.1) is 0 Å². The lowest BCUT2D eigenvalue weighted by Gasteiger charge is -2.44. The van der Waals surface area contributed by atoms with Gasteiger partial charge in [0.25, 0.3) is 0 Å². The molecule has 0 aromatic carbocycles. The number of hydrogen-bond donors (Lipinski definition) is 1. The second-order valence-corrected chi connectivity index (χ2v) is 8.09. The molecule has 1 aliphatic carbocycles. The molecular formula is C19H40N2. The van der Waals surface area contributed by atoms with Crippen molar-refractivity contribution in [2.24, 2.45) is 17.3 Å². The molecule has 2 nitrogen and oxygen atoms in total. The summed E-state index contributed by atoms with van der Waals surface area (Å²) in [4.78, 5) is 2.65. The van der Waals surface area contributed by atoms with Gasteiger partial charge in [-0.3, -0.25) is 0 Å². The van der Waals surface area contributed by atoms with Crippen molar-refractivity contribution >= 4 is 0 Å². The second kappa shape index (κ2) is 9.15. The monoisotopic (exact) mass is 296 g/mol. The van der Waals surface area contributed by atoms with Crippen molar-refractivity contribution in [2.45, 2.75) is 79.2 Å². The van der Waals surface area contributed by atoms with Crippen LogP contribution in [0.25, 0.3) is 0 Å². The van der Waals surface area contributed by atoms with E-state index in [9.17, 15) is 0 Å². The van der Waals surface area contributed by atoms with Gasteiger partial charge in [-0.15, -0.1) is 0 Å². The molecule has 0 saturated heterocycles. The topological polar surface area (TPSA) is 15.3 Å². The molecule has 0 aliphatic heterocycles. The molecule has 0 bridgehead atoms. The minimum Gasteiger partial charge on any atom is -0.316 e. The lowest BCUT2D eigenvalue weighted by Crippen LogP contribution is -2.48. The molecule has 21 heavy (non-hydrogen) atoms. The van der Waals surface area contributed by atoms with E-state index in [2.05, 4.69) is 51.9 Å². The summed E-state index contributed by atoms with van der Waals surface area (Å²) in [6, 6.07) is 0.756. The van der Waals surface area contributed by atoms with Crippen LogP contribution in [0.4, 0.5) is 0 Å². The summed E-state index contributed by atoms with van der Waals surface area (Å²) in [6.45, 7) is 15.3. The Kier molecular flexibility index (Phi) is 8.26. The summed E-state index contributed by atoms with van der Waals surface area (Å²) in [5.74, 6) is 1.68. The normalized spacial score (nSPS) is 27.0. The Hall–Kier alpha value is -0.0800. The highest BCUT2D eigenvalue weighted by atomic mass is 15.1. The first-order valence-electron chi connectivity index (χ1n) is 9.33. The van der Waals surface area contributed by atoms with Crippen LogP contribution in [0, 0.1) is 17.3 Å². The molecule has 0 atom stereocenters. The van der Waals surface area contributed by atoms with Gasteiger partial charge >= 0.3 is 0 Å². The molecule has 0 heterocycles. The van der Waals surface area contributed by atoms with E-state index in [0.29, 0.717) is 5.41 Å². The van der Waals surface area contributed by atoms with Gasteiger partial charge in [-0.25, -0.2) is 0 Å². The quantitative estimate of drug-likeness (QED) is 0.671. The fourth-order valence-electron chi connectivity index (χ4n) is 3.96. The summed E-state index contributed by atoms with van der Waals surface area (Å²) in [7, 11) is 2.35. The van der Waals surface area contributed by atoms with Crippen molar-refractivity contribution < 1.29 is 0 Å². The van der Waals surface area contributed by atoms with E-state index in [1.807, 2.05) is 0 Å². The Morgan fingerprint density at radius 2 is 1.71 bits per heavy atom. The highest BCUT2D eigenvalue weighted by molar-refractivity contribution is 4.90. The van der Waals surface area contributed by atoms with Crippen molar-refractivity contribution in [2.75, 3.05) is 26.7 Å². The molecule has 0 unspecified atom stereocenters. The zero-order valence-electron chi connectivity index (χ0n) is 15.5. The van der Waals surface area contributed by atoms with Gasteiger partial charge in [-0.1, -0.05) is 47.5 Å². The maximum atomic E-state index is 3.76. The highest BCUT2D eigenvalue weighted by Crippen LogP contribution is 2.39. The van der Waals surface area contributed by atoms with Crippen LogP contribution in [0.1, 0.15) is 73.1 Å². The van der Waals surface area contributed by atoms with E-state index in [4.69, 9.17) is 0 Å². The maximum absolute atomic E-state index is 3.76. The molecule has 0 aromatic heterocycles. The number of nitrogens with one attached hydrogen (secondary N) is 1. The maximum Gasteiger partial charge on any atom is 0.00872 e. The first-order chi connectivity index (χ1) is 9.92. The zero-order chi connectivity index (χ0) is 15.9. The molecule has 0 spiro atoms. The summed E-state index contributed by atoms with van der Waals surface area (Å²) in [6.07, 6.45) is 8.20. The zero-order valence-corrected chi connectivity index (χ0v) is 15.5. The van der Waals surface area contributed by atoms with Gasteiger partial charge in [0, 0.05) is 19.1 Å². The van der Waals surface area contributed by atoms with Crippen molar-refractivity contribution in [1.82, 2.24) is 10.2 Å². The molecule has 0 radical (unpaired) electrons. The highest BCUT2D eigenvalue weighted by Gasteiger charge is 2.35. The fourth-order valence-corrected chi connectivity index (χ4v) is 3.96. The van der Waals surface area contributed by atoms with Crippen LogP contribution in [-0.4, -0.2) is 37.6 Å². The van der Waals surface area contributed by atoms with Gasteiger partial charge in [0.15, 0.2) is 0 Å². The third kappa shape index (κ3) is 6.28. The third-order valence-corrected chi connectivity index (χ3v) is 5.54. The Morgan fingerprint density at radius 3 is 2.19 bits per heavy atom. The first kappa shape index (κ1) is 19.0. The van der Waals surface area contributed by atoms with Crippen LogP contribution < -0.4 is 5.32 Å². The molecule has 1 saturated carbocycles. The Bertz CT molecular complexity index is 263. The number of rotatable bonds is 9. The van der Waals surface area contributed by atoms with Crippen molar-refractivity contribution in [1.29, 1.82) is 0 Å². The minimum atomic E-state index is 0.513. The van der Waals surface area contributed by atoms with Crippen LogP contribution in [0.5, 0.6) is 0 Å². The molecule has 0 aromatic rings. The van der Waals surface area contributed by atoms with Gasteiger partial charge in [0.1, 0.15) is 0 Å². The van der Waals surface area contributed by atoms with E-state index < -0.39 is 0 Å². The minimum absolute atomic E-state index is 0.513. The van der Waals surface area contributed by atoms with E-state index in [-0.39, 0.29) is 0 Å². The van der Waals surface area contributed by atoms with Crippen LogP contribution >= 0.6 is 0 Å². The molecular weight excluding hydrogens is 256 g/mol. The van der Waals surface area contributed by atoms with Crippen LogP contribution in [-0.2, 0) is 0 Å². The van der Waals surface area contributed by atoms with E-state index in [1.54, 1.807) is 0 Å². The van der Waals surface area contributed by atoms with E-state index in [1.165, 1.54) is 51.6 Å². The van der Waals surface area contributed by atoms with Gasteiger partial charge in [-0.05, 0) is 56.5 Å². The predicted molar refractivity (Wildman–Crippen MR) is 94.8 cm³/mol. The summed E-state index contributed by atoms with van der Waals surface area (Å²) >= 11 is 0. The Labute approximate surface area is 134 Å². The fraction of sp³-hybridized carbons (Fsp3) is 1.00. The Balaban J connectivity index is 2.63. The lowest BCUT2D eigenvalue weighted by atomic mass is 9.70. The SMILES string of the molecule is CCC(CC)N(C)CC1(CNCC(C)C)CCC(C)CC1. The molecule has 1 rings (SSSR count). The van der Waals surface area contributed by atoms with Gasteiger partial charge < -0.3 is 10.2 Å². The lowest BCUT2D eigenvalue weighted by molar-refractivity contribution is 0.0755. The summed E-state index contributed by atoms with van der Waals surface area (Å²) < 4.78 is 0. The molecule has 2 heteroatoms. The average Bonchev–Trinajstić information content (AvgIpc) is 2.43. The van der Waals surface area contributed by atoms with Crippen LogP contribution in [0.15, 0.2) is 0 Å². The van der Waals surface area contributed by atoms with E-state index >= 15 is 0 Å². The number of nitrogens with zero attached hydrogens (tertiary/aromatic N) is 1. The molecule has 0 amide bonds. The van der Waals surface area contributed by atoms with E-state index in [0.717, 1.165) is 24.4 Å².